The normalized spacial score (nSPS) is 10.6. The average molecular weight is 244 g/mol. The van der Waals surface area contributed by atoms with Gasteiger partial charge in [0.05, 0.1) is 12.7 Å². The Morgan fingerprint density at radius 2 is 1.94 bits per heavy atom. The summed E-state index contributed by atoms with van der Waals surface area (Å²) in [4.78, 5) is 12.2. The maximum Gasteiger partial charge on any atom is 0.214 e. The molecule has 0 radical (unpaired) electrons. The van der Waals surface area contributed by atoms with Gasteiger partial charge >= 0.3 is 0 Å². The van der Waals surface area contributed by atoms with Gasteiger partial charge in [-0.2, -0.15) is 0 Å². The topological polar surface area (TPSA) is 73.8 Å². The Labute approximate surface area is 106 Å². The Hall–Kier alpha value is -2.01. The van der Waals surface area contributed by atoms with E-state index in [9.17, 15) is 4.79 Å². The zero-order valence-corrected chi connectivity index (χ0v) is 10.6. The molecular formula is C13H16N4O. The molecule has 1 heterocycles. The lowest BCUT2D eigenvalue weighted by Gasteiger charge is -2.01. The summed E-state index contributed by atoms with van der Waals surface area (Å²) in [5.74, 6) is -0.106. The Kier molecular flexibility index (Phi) is 3.53. The third-order valence-electron chi connectivity index (χ3n) is 2.61. The van der Waals surface area contributed by atoms with E-state index in [2.05, 4.69) is 10.3 Å². The number of carbonyl (C=O) groups is 1. The number of nitrogens with two attached hydrogens (primary N) is 1. The summed E-state index contributed by atoms with van der Waals surface area (Å²) >= 11 is 0. The molecule has 5 heteroatoms. The van der Waals surface area contributed by atoms with Gasteiger partial charge in [-0.15, -0.1) is 5.10 Å². The van der Waals surface area contributed by atoms with Gasteiger partial charge in [-0.1, -0.05) is 22.4 Å². The van der Waals surface area contributed by atoms with Gasteiger partial charge in [-0.25, -0.2) is 0 Å². The molecule has 2 aromatic rings. The van der Waals surface area contributed by atoms with Crippen LogP contribution in [0.4, 0.5) is 0 Å². The first kappa shape index (κ1) is 12.4. The summed E-state index contributed by atoms with van der Waals surface area (Å²) in [5, 5.41) is 7.74. The highest BCUT2D eigenvalue weighted by molar-refractivity contribution is 6.07. The highest BCUT2D eigenvalue weighted by Gasteiger charge is 2.13. The molecule has 94 valence electrons. The van der Waals surface area contributed by atoms with Crippen LogP contribution in [0.15, 0.2) is 24.4 Å². The highest BCUT2D eigenvalue weighted by Crippen LogP contribution is 2.12. The molecule has 1 aromatic heterocycles. The molecule has 0 aliphatic carbocycles. The predicted octanol–water partition coefficient (Wildman–Crippen LogP) is 1.08. The van der Waals surface area contributed by atoms with Crippen molar-refractivity contribution in [2.45, 2.75) is 20.4 Å². The molecule has 5 nitrogen and oxygen atoms in total. The minimum atomic E-state index is -0.106. The number of carbonyl (C=O) groups excluding carboxylic acids is 1. The maximum atomic E-state index is 12.2. The first-order valence-electron chi connectivity index (χ1n) is 5.83. The van der Waals surface area contributed by atoms with Crippen molar-refractivity contribution in [2.75, 3.05) is 6.54 Å². The number of hydrogen-bond acceptors (Lipinski definition) is 4. The molecule has 0 aliphatic heterocycles. The molecule has 0 amide bonds. The fourth-order valence-electron chi connectivity index (χ4n) is 1.90. The predicted molar refractivity (Wildman–Crippen MR) is 68.4 cm³/mol. The first-order valence-corrected chi connectivity index (χ1v) is 5.83. The number of aryl methyl sites for hydroxylation is 2. The van der Waals surface area contributed by atoms with E-state index in [1.807, 2.05) is 32.0 Å². The van der Waals surface area contributed by atoms with Crippen LogP contribution in [0.2, 0.25) is 0 Å². The number of nitrogens with zero attached hydrogens (tertiary/aromatic N) is 3. The second kappa shape index (κ2) is 5.10. The number of aromatic nitrogens is 3. The quantitative estimate of drug-likeness (QED) is 0.817. The summed E-state index contributed by atoms with van der Waals surface area (Å²) in [6.07, 6.45) is 1.63. The van der Waals surface area contributed by atoms with Crippen molar-refractivity contribution < 1.29 is 4.79 Å². The lowest BCUT2D eigenvalue weighted by atomic mass is 10.0. The van der Waals surface area contributed by atoms with Crippen LogP contribution in [0.1, 0.15) is 27.2 Å². The summed E-state index contributed by atoms with van der Waals surface area (Å²) in [6, 6.07) is 5.75. The van der Waals surface area contributed by atoms with E-state index in [-0.39, 0.29) is 5.78 Å². The number of hydrogen-bond donors (Lipinski definition) is 1. The van der Waals surface area contributed by atoms with E-state index in [1.54, 1.807) is 10.9 Å². The van der Waals surface area contributed by atoms with Gasteiger partial charge in [-0.3, -0.25) is 9.48 Å². The largest absolute Gasteiger partial charge is 0.329 e. The average Bonchev–Trinajstić information content (AvgIpc) is 2.76. The van der Waals surface area contributed by atoms with Gasteiger partial charge in [-0.05, 0) is 26.0 Å². The van der Waals surface area contributed by atoms with E-state index < -0.39 is 0 Å². The lowest BCUT2D eigenvalue weighted by Crippen LogP contribution is -2.10. The molecule has 0 aliphatic rings. The molecule has 18 heavy (non-hydrogen) atoms. The Bertz CT molecular complexity index is 554. The third kappa shape index (κ3) is 2.62. The van der Waals surface area contributed by atoms with Gasteiger partial charge in [0.15, 0.2) is 5.69 Å². The van der Waals surface area contributed by atoms with Gasteiger partial charge in [0, 0.05) is 12.1 Å². The van der Waals surface area contributed by atoms with Crippen molar-refractivity contribution in [3.05, 3.63) is 46.8 Å². The SMILES string of the molecule is Cc1cc(C)cc(C(=O)c2cn(CCN)nn2)c1. The van der Waals surface area contributed by atoms with E-state index in [0.717, 1.165) is 11.1 Å². The number of rotatable bonds is 4. The van der Waals surface area contributed by atoms with Crippen molar-refractivity contribution in [3.63, 3.8) is 0 Å². The van der Waals surface area contributed by atoms with Crippen LogP contribution in [-0.4, -0.2) is 27.3 Å². The minimum Gasteiger partial charge on any atom is -0.329 e. The van der Waals surface area contributed by atoms with Gasteiger partial charge in [0.2, 0.25) is 5.78 Å². The molecule has 0 saturated carbocycles. The lowest BCUT2D eigenvalue weighted by molar-refractivity contribution is 0.103. The number of benzene rings is 1. The summed E-state index contributed by atoms with van der Waals surface area (Å²) in [5.41, 5.74) is 8.55. The Balaban J connectivity index is 2.29. The fraction of sp³-hybridized carbons (Fsp3) is 0.308. The molecule has 0 unspecified atom stereocenters. The van der Waals surface area contributed by atoms with Crippen molar-refractivity contribution in [2.24, 2.45) is 5.73 Å². The molecule has 2 rings (SSSR count). The minimum absolute atomic E-state index is 0.106. The monoisotopic (exact) mass is 244 g/mol. The fourth-order valence-corrected chi connectivity index (χ4v) is 1.90. The smallest absolute Gasteiger partial charge is 0.214 e. The zero-order chi connectivity index (χ0) is 13.1. The van der Waals surface area contributed by atoms with Crippen LogP contribution >= 0.6 is 0 Å². The van der Waals surface area contributed by atoms with E-state index in [0.29, 0.717) is 24.3 Å². The molecule has 0 atom stereocenters. The molecule has 0 fully saturated rings. The molecule has 0 saturated heterocycles. The van der Waals surface area contributed by atoms with Crippen molar-refractivity contribution >= 4 is 5.78 Å². The van der Waals surface area contributed by atoms with Crippen molar-refractivity contribution in [1.29, 1.82) is 0 Å². The van der Waals surface area contributed by atoms with Gasteiger partial charge in [0.1, 0.15) is 0 Å². The standard InChI is InChI=1S/C13H16N4O/c1-9-5-10(2)7-11(6-9)13(18)12-8-17(4-3-14)16-15-12/h5-8H,3-4,14H2,1-2H3. The molecule has 1 aromatic carbocycles. The highest BCUT2D eigenvalue weighted by atomic mass is 16.1. The van der Waals surface area contributed by atoms with Gasteiger partial charge in [0.25, 0.3) is 0 Å². The van der Waals surface area contributed by atoms with Crippen LogP contribution < -0.4 is 5.73 Å². The number of ketones is 1. The zero-order valence-electron chi connectivity index (χ0n) is 10.6. The molecule has 0 bridgehead atoms. The molecular weight excluding hydrogens is 228 g/mol. The van der Waals surface area contributed by atoms with Crippen LogP contribution in [-0.2, 0) is 6.54 Å². The van der Waals surface area contributed by atoms with Gasteiger partial charge < -0.3 is 5.73 Å². The second-order valence-electron chi connectivity index (χ2n) is 4.36. The van der Waals surface area contributed by atoms with E-state index in [1.165, 1.54) is 0 Å². The van der Waals surface area contributed by atoms with Crippen LogP contribution in [0.5, 0.6) is 0 Å². The van der Waals surface area contributed by atoms with Crippen LogP contribution in [0.3, 0.4) is 0 Å². The van der Waals surface area contributed by atoms with Crippen LogP contribution in [0, 0.1) is 13.8 Å². The maximum absolute atomic E-state index is 12.2. The summed E-state index contributed by atoms with van der Waals surface area (Å²) in [7, 11) is 0. The van der Waals surface area contributed by atoms with E-state index >= 15 is 0 Å². The Morgan fingerprint density at radius 3 is 2.56 bits per heavy atom. The van der Waals surface area contributed by atoms with Crippen LogP contribution in [0.25, 0.3) is 0 Å². The first-order chi connectivity index (χ1) is 8.60. The summed E-state index contributed by atoms with van der Waals surface area (Å²) in [6.45, 7) is 4.97. The second-order valence-corrected chi connectivity index (χ2v) is 4.36. The van der Waals surface area contributed by atoms with Crippen molar-refractivity contribution in [3.8, 4) is 0 Å². The molecule has 2 N–H and O–H groups in total. The van der Waals surface area contributed by atoms with E-state index in [4.69, 9.17) is 5.73 Å². The third-order valence-corrected chi connectivity index (χ3v) is 2.61. The van der Waals surface area contributed by atoms with Crippen molar-refractivity contribution in [1.82, 2.24) is 15.0 Å². The Morgan fingerprint density at radius 1 is 1.28 bits per heavy atom. The summed E-state index contributed by atoms with van der Waals surface area (Å²) < 4.78 is 1.58. The molecule has 0 spiro atoms.